The quantitative estimate of drug-likeness (QED) is 0.450. The second-order valence-corrected chi connectivity index (χ2v) is 6.87. The van der Waals surface area contributed by atoms with E-state index in [0.717, 1.165) is 16.7 Å². The molecule has 0 amide bonds. The molecule has 0 bridgehead atoms. The normalized spacial score (nSPS) is 10.9. The number of hydrogen-bond donors (Lipinski definition) is 0. The second kappa shape index (κ2) is 8.70. The zero-order chi connectivity index (χ0) is 21.0. The van der Waals surface area contributed by atoms with E-state index in [2.05, 4.69) is 49.9 Å². The molecular formula is C26H25NO2. The third-order valence-electron chi connectivity index (χ3n) is 4.85. The molecule has 0 atom stereocenters. The Kier molecular flexibility index (Phi) is 6.08. The van der Waals surface area contributed by atoms with Crippen LogP contribution < -0.4 is 4.74 Å². The third-order valence-corrected chi connectivity index (χ3v) is 4.85. The molecule has 0 aliphatic rings. The second-order valence-electron chi connectivity index (χ2n) is 6.87. The zero-order valence-electron chi connectivity index (χ0n) is 17.3. The van der Waals surface area contributed by atoms with Crippen LogP contribution in [0.25, 0.3) is 34.5 Å². The van der Waals surface area contributed by atoms with E-state index in [9.17, 15) is 4.79 Å². The number of carbonyl (C=O) groups is 1. The fourth-order valence-electron chi connectivity index (χ4n) is 3.40. The summed E-state index contributed by atoms with van der Waals surface area (Å²) in [4.78, 5) is 17.2. The Balaban J connectivity index is 2.18. The Morgan fingerprint density at radius 2 is 1.55 bits per heavy atom. The van der Waals surface area contributed by atoms with Gasteiger partial charge in [0.25, 0.3) is 0 Å². The predicted molar refractivity (Wildman–Crippen MR) is 121 cm³/mol. The number of hydrogen-bond acceptors (Lipinski definition) is 3. The maximum absolute atomic E-state index is 12.4. The topological polar surface area (TPSA) is 39.2 Å². The van der Waals surface area contributed by atoms with Crippen molar-refractivity contribution in [1.29, 1.82) is 0 Å². The average molecular weight is 383 g/mol. The maximum atomic E-state index is 12.4. The van der Waals surface area contributed by atoms with Crippen LogP contribution in [0.2, 0.25) is 0 Å². The lowest BCUT2D eigenvalue weighted by atomic mass is 9.96. The molecule has 3 nitrogen and oxygen atoms in total. The first-order valence-corrected chi connectivity index (χ1v) is 9.55. The molecule has 146 valence electrons. The van der Waals surface area contributed by atoms with Crippen LogP contribution in [0.4, 0.5) is 0 Å². The van der Waals surface area contributed by atoms with Crippen molar-refractivity contribution in [3.8, 4) is 28.1 Å². The number of benzene rings is 2. The van der Waals surface area contributed by atoms with Crippen LogP contribution in [-0.2, 0) is 0 Å². The van der Waals surface area contributed by atoms with E-state index in [1.54, 1.807) is 13.2 Å². The number of aryl methyl sites for hydroxylation is 1. The van der Waals surface area contributed by atoms with E-state index < -0.39 is 0 Å². The van der Waals surface area contributed by atoms with Crippen molar-refractivity contribution >= 4 is 17.9 Å². The molecule has 0 unspecified atom stereocenters. The number of allylic oxidation sites excluding steroid dienone is 1. The smallest absolute Gasteiger partial charge is 0.164 e. The van der Waals surface area contributed by atoms with Crippen LogP contribution in [0.15, 0.2) is 61.2 Å². The van der Waals surface area contributed by atoms with Crippen LogP contribution in [-0.4, -0.2) is 17.9 Å². The predicted octanol–water partition coefficient (Wildman–Crippen LogP) is 6.61. The van der Waals surface area contributed by atoms with E-state index in [0.29, 0.717) is 28.3 Å². The SMILES string of the molecule is C=Cc1c(/C=C\C)nc(-c2ccc(-c3ccc(C)cc3)cc2)c(OC)c1C(C)=O. The van der Waals surface area contributed by atoms with E-state index in [1.165, 1.54) is 12.5 Å². The minimum Gasteiger partial charge on any atom is -0.494 e. The van der Waals surface area contributed by atoms with Gasteiger partial charge in [0, 0.05) is 11.1 Å². The molecule has 29 heavy (non-hydrogen) atoms. The van der Waals surface area contributed by atoms with Gasteiger partial charge in [0.1, 0.15) is 5.69 Å². The zero-order valence-corrected chi connectivity index (χ0v) is 17.3. The molecule has 0 fully saturated rings. The lowest BCUT2D eigenvalue weighted by Gasteiger charge is -2.17. The minimum absolute atomic E-state index is 0.0811. The molecule has 0 N–H and O–H groups in total. The molecule has 3 heteroatoms. The van der Waals surface area contributed by atoms with Gasteiger partial charge < -0.3 is 4.74 Å². The molecule has 0 spiro atoms. The molecule has 0 saturated heterocycles. The van der Waals surface area contributed by atoms with Crippen molar-refractivity contribution in [2.75, 3.05) is 7.11 Å². The summed E-state index contributed by atoms with van der Waals surface area (Å²) in [6.45, 7) is 9.40. The Bertz CT molecular complexity index is 1080. The summed E-state index contributed by atoms with van der Waals surface area (Å²) < 4.78 is 5.64. The molecule has 0 saturated carbocycles. The molecule has 0 radical (unpaired) electrons. The van der Waals surface area contributed by atoms with E-state index in [-0.39, 0.29) is 5.78 Å². The number of aromatic nitrogens is 1. The first-order valence-electron chi connectivity index (χ1n) is 9.55. The summed E-state index contributed by atoms with van der Waals surface area (Å²) in [7, 11) is 1.57. The number of nitrogens with zero attached hydrogens (tertiary/aromatic N) is 1. The van der Waals surface area contributed by atoms with E-state index in [4.69, 9.17) is 9.72 Å². The van der Waals surface area contributed by atoms with Crippen molar-refractivity contribution in [2.24, 2.45) is 0 Å². The van der Waals surface area contributed by atoms with E-state index in [1.807, 2.05) is 31.2 Å². The van der Waals surface area contributed by atoms with Crippen LogP contribution in [0.1, 0.15) is 41.0 Å². The van der Waals surface area contributed by atoms with Crippen molar-refractivity contribution < 1.29 is 9.53 Å². The van der Waals surface area contributed by atoms with Gasteiger partial charge in [-0.2, -0.15) is 0 Å². The highest BCUT2D eigenvalue weighted by atomic mass is 16.5. The van der Waals surface area contributed by atoms with Crippen molar-refractivity contribution in [2.45, 2.75) is 20.8 Å². The maximum Gasteiger partial charge on any atom is 0.164 e. The third kappa shape index (κ3) is 4.04. The summed E-state index contributed by atoms with van der Waals surface area (Å²) in [5.74, 6) is 0.395. The van der Waals surface area contributed by atoms with E-state index >= 15 is 0 Å². The summed E-state index contributed by atoms with van der Waals surface area (Å²) in [5, 5.41) is 0. The Hall–Kier alpha value is -3.46. The van der Waals surface area contributed by atoms with Crippen LogP contribution in [0.3, 0.4) is 0 Å². The number of carbonyl (C=O) groups excluding carboxylic acids is 1. The molecule has 0 aliphatic heterocycles. The fraction of sp³-hybridized carbons (Fsp3) is 0.154. The minimum atomic E-state index is -0.0811. The standard InChI is InChI=1S/C26H25NO2/c1-6-8-23-22(7-2)24(18(4)28)26(29-5)25(27-23)21-15-13-20(14-16-21)19-11-9-17(3)10-12-19/h6-16H,2H2,1,3-5H3/b8-6-. The van der Waals surface area contributed by atoms with Gasteiger partial charge in [0.2, 0.25) is 0 Å². The van der Waals surface area contributed by atoms with Crippen LogP contribution in [0.5, 0.6) is 5.75 Å². The summed E-state index contributed by atoms with van der Waals surface area (Å²) in [6, 6.07) is 16.6. The molecule has 3 rings (SSSR count). The number of ether oxygens (including phenoxy) is 1. The van der Waals surface area contributed by atoms with Crippen molar-refractivity contribution in [1.82, 2.24) is 4.98 Å². The van der Waals surface area contributed by atoms with Gasteiger partial charge >= 0.3 is 0 Å². The number of Topliss-reactive ketones (excluding diaryl/α,β-unsaturated/α-hetero) is 1. The number of ketones is 1. The van der Waals surface area contributed by atoms with Gasteiger partial charge in [0.05, 0.1) is 18.4 Å². The Labute approximate surface area is 172 Å². The highest BCUT2D eigenvalue weighted by Gasteiger charge is 2.22. The number of rotatable bonds is 6. The van der Waals surface area contributed by atoms with Crippen LogP contribution >= 0.6 is 0 Å². The highest BCUT2D eigenvalue weighted by molar-refractivity contribution is 6.03. The Morgan fingerprint density at radius 3 is 2.03 bits per heavy atom. The molecule has 3 aromatic rings. The average Bonchev–Trinajstić information content (AvgIpc) is 2.73. The summed E-state index contributed by atoms with van der Waals surface area (Å²) >= 11 is 0. The molecule has 1 aromatic heterocycles. The highest BCUT2D eigenvalue weighted by Crippen LogP contribution is 2.37. The first kappa shape index (κ1) is 20.3. The van der Waals surface area contributed by atoms with Gasteiger partial charge in [-0.25, -0.2) is 4.98 Å². The Morgan fingerprint density at radius 1 is 1.00 bits per heavy atom. The van der Waals surface area contributed by atoms with Crippen LogP contribution in [0, 0.1) is 6.92 Å². The molecule has 0 aliphatic carbocycles. The first-order chi connectivity index (χ1) is 14.0. The molecular weight excluding hydrogens is 358 g/mol. The summed E-state index contributed by atoms with van der Waals surface area (Å²) in [6.07, 6.45) is 5.44. The van der Waals surface area contributed by atoms with Gasteiger partial charge in [-0.3, -0.25) is 4.79 Å². The molecule has 2 aromatic carbocycles. The van der Waals surface area contributed by atoms with Gasteiger partial charge in [-0.05, 0) is 38.0 Å². The van der Waals surface area contributed by atoms with Crippen molar-refractivity contribution in [3.05, 3.63) is 83.6 Å². The number of pyridine rings is 1. The number of methoxy groups -OCH3 is 1. The fourth-order valence-corrected chi connectivity index (χ4v) is 3.40. The lowest BCUT2D eigenvalue weighted by molar-refractivity contribution is 0.101. The van der Waals surface area contributed by atoms with Gasteiger partial charge in [-0.15, -0.1) is 0 Å². The summed E-state index contributed by atoms with van der Waals surface area (Å²) in [5.41, 5.74) is 6.93. The molecule has 1 heterocycles. The van der Waals surface area contributed by atoms with Gasteiger partial charge in [-0.1, -0.05) is 72.8 Å². The lowest BCUT2D eigenvalue weighted by Crippen LogP contribution is -2.07. The monoisotopic (exact) mass is 383 g/mol. The largest absolute Gasteiger partial charge is 0.494 e. The van der Waals surface area contributed by atoms with Crippen molar-refractivity contribution in [3.63, 3.8) is 0 Å². The van der Waals surface area contributed by atoms with Gasteiger partial charge in [0.15, 0.2) is 11.5 Å².